The number of carbonyl (C=O) groups excluding carboxylic acids is 4. The molecule has 0 spiro atoms. The van der Waals surface area contributed by atoms with Crippen LogP contribution in [0.1, 0.15) is 64.8 Å². The zero-order valence-corrected chi connectivity index (χ0v) is 19.8. The van der Waals surface area contributed by atoms with Crippen molar-refractivity contribution in [1.29, 1.82) is 0 Å². The van der Waals surface area contributed by atoms with Gasteiger partial charge in [-0.25, -0.2) is 9.59 Å². The summed E-state index contributed by atoms with van der Waals surface area (Å²) in [7, 11) is 0. The molecule has 3 rings (SSSR count). The first-order valence-corrected chi connectivity index (χ1v) is 12.1. The molecule has 192 valence electrons. The van der Waals surface area contributed by atoms with Crippen molar-refractivity contribution in [1.82, 2.24) is 10.6 Å². The van der Waals surface area contributed by atoms with E-state index < -0.39 is 17.9 Å². The lowest BCUT2D eigenvalue weighted by Crippen LogP contribution is -2.37. The first-order valence-electron chi connectivity index (χ1n) is 12.1. The Balaban J connectivity index is 1.34. The van der Waals surface area contributed by atoms with Gasteiger partial charge in [0.25, 0.3) is 0 Å². The second-order valence-corrected chi connectivity index (χ2v) is 9.28. The van der Waals surface area contributed by atoms with Crippen LogP contribution in [0, 0.1) is 17.8 Å². The predicted molar refractivity (Wildman–Crippen MR) is 127 cm³/mol. The standard InChI is InChI=1S/C26H30N2O8/c29-21-8-9-22(30)19(21)11-12-27-24(32)17-5-1-16(2-6-17)14-28-23(31)10-4-15-3-7-18(25(33)34)20(13-15)26(35)36/h3,7-9,13,16-17,19H,1-2,4-6,10-12,14H2,(H,27,32)(H,28,31)(H,33,34)(H,35,36). The van der Waals surface area contributed by atoms with Gasteiger partial charge in [0.05, 0.1) is 17.0 Å². The average molecular weight is 499 g/mol. The van der Waals surface area contributed by atoms with E-state index in [1.165, 1.54) is 30.4 Å². The summed E-state index contributed by atoms with van der Waals surface area (Å²) in [6, 6.07) is 4.03. The minimum Gasteiger partial charge on any atom is -0.478 e. The Bertz CT molecular complexity index is 1070. The number of hydrogen-bond donors (Lipinski definition) is 4. The molecule has 0 radical (unpaired) electrons. The van der Waals surface area contributed by atoms with Crippen LogP contribution in [0.2, 0.25) is 0 Å². The smallest absolute Gasteiger partial charge is 0.336 e. The highest BCUT2D eigenvalue weighted by molar-refractivity contribution is 6.18. The molecule has 0 heterocycles. The Labute approximate surface area is 208 Å². The van der Waals surface area contributed by atoms with E-state index in [0.29, 0.717) is 31.4 Å². The molecule has 0 aliphatic heterocycles. The van der Waals surface area contributed by atoms with Crippen molar-refractivity contribution < 1.29 is 39.0 Å². The second-order valence-electron chi connectivity index (χ2n) is 9.28. The Hall–Kier alpha value is -3.82. The van der Waals surface area contributed by atoms with Crippen molar-refractivity contribution in [3.8, 4) is 0 Å². The van der Waals surface area contributed by atoms with Crippen LogP contribution in [0.4, 0.5) is 0 Å². The Kier molecular flexibility index (Phi) is 9.10. The molecule has 4 N–H and O–H groups in total. The lowest BCUT2D eigenvalue weighted by Gasteiger charge is -2.28. The molecule has 2 aliphatic carbocycles. The molecule has 0 atom stereocenters. The number of carboxylic acids is 2. The van der Waals surface area contributed by atoms with E-state index in [1.807, 2.05) is 0 Å². The molecule has 0 aromatic heterocycles. The van der Waals surface area contributed by atoms with E-state index >= 15 is 0 Å². The van der Waals surface area contributed by atoms with Gasteiger partial charge in [-0.3, -0.25) is 19.2 Å². The average Bonchev–Trinajstić information content (AvgIpc) is 3.18. The van der Waals surface area contributed by atoms with Crippen molar-refractivity contribution >= 4 is 35.3 Å². The number of carbonyl (C=O) groups is 6. The SMILES string of the molecule is O=C(CCc1ccc(C(=O)O)c(C(=O)O)c1)NCC1CCC(C(=O)NCCC2C(=O)C=CC2=O)CC1. The van der Waals surface area contributed by atoms with Gasteiger partial charge in [0.1, 0.15) is 0 Å². The Morgan fingerprint density at radius 1 is 0.861 bits per heavy atom. The zero-order valence-electron chi connectivity index (χ0n) is 19.8. The fourth-order valence-corrected chi connectivity index (χ4v) is 4.65. The molecule has 36 heavy (non-hydrogen) atoms. The lowest BCUT2D eigenvalue weighted by molar-refractivity contribution is -0.128. The van der Waals surface area contributed by atoms with Crippen LogP contribution >= 0.6 is 0 Å². The summed E-state index contributed by atoms with van der Waals surface area (Å²) in [6.07, 6.45) is 6.27. The highest BCUT2D eigenvalue weighted by atomic mass is 16.4. The molecule has 0 unspecified atom stereocenters. The van der Waals surface area contributed by atoms with E-state index in [2.05, 4.69) is 10.6 Å². The van der Waals surface area contributed by atoms with E-state index in [9.17, 15) is 33.9 Å². The van der Waals surface area contributed by atoms with Gasteiger partial charge < -0.3 is 20.8 Å². The summed E-state index contributed by atoms with van der Waals surface area (Å²) < 4.78 is 0. The molecular weight excluding hydrogens is 468 g/mol. The van der Waals surface area contributed by atoms with E-state index in [4.69, 9.17) is 5.11 Å². The number of carboxylic acid groups (broad SMARTS) is 2. The summed E-state index contributed by atoms with van der Waals surface area (Å²) in [5.74, 6) is -3.87. The van der Waals surface area contributed by atoms with Gasteiger partial charge in [0.2, 0.25) is 11.8 Å². The summed E-state index contributed by atoms with van der Waals surface area (Å²) in [5, 5.41) is 24.0. The van der Waals surface area contributed by atoms with Crippen LogP contribution in [0.5, 0.6) is 0 Å². The fraction of sp³-hybridized carbons (Fsp3) is 0.462. The molecule has 2 aliphatic rings. The number of aromatic carboxylic acids is 2. The molecular formula is C26H30N2O8. The molecule has 0 saturated heterocycles. The fourth-order valence-electron chi connectivity index (χ4n) is 4.65. The van der Waals surface area contributed by atoms with E-state index in [1.54, 1.807) is 0 Å². The number of rotatable bonds is 11. The Morgan fingerprint density at radius 3 is 2.11 bits per heavy atom. The summed E-state index contributed by atoms with van der Waals surface area (Å²) >= 11 is 0. The van der Waals surface area contributed by atoms with Crippen LogP contribution in [0.15, 0.2) is 30.4 Å². The number of ketones is 2. The van der Waals surface area contributed by atoms with Crippen molar-refractivity contribution in [2.24, 2.45) is 17.8 Å². The number of allylic oxidation sites excluding steroid dienone is 2. The maximum Gasteiger partial charge on any atom is 0.336 e. The topological polar surface area (TPSA) is 167 Å². The summed E-state index contributed by atoms with van der Waals surface area (Å²) in [6.45, 7) is 0.774. The molecule has 1 saturated carbocycles. The van der Waals surface area contributed by atoms with Crippen LogP contribution in [0.25, 0.3) is 0 Å². The number of aryl methyl sites for hydroxylation is 1. The third kappa shape index (κ3) is 7.10. The van der Waals surface area contributed by atoms with E-state index in [-0.39, 0.29) is 65.7 Å². The number of hydrogen-bond acceptors (Lipinski definition) is 6. The lowest BCUT2D eigenvalue weighted by atomic mass is 9.81. The van der Waals surface area contributed by atoms with E-state index in [0.717, 1.165) is 12.8 Å². The van der Waals surface area contributed by atoms with Crippen LogP contribution in [-0.2, 0) is 25.6 Å². The summed E-state index contributed by atoms with van der Waals surface area (Å²) in [4.78, 5) is 70.3. The van der Waals surface area contributed by atoms with Crippen LogP contribution < -0.4 is 10.6 Å². The van der Waals surface area contributed by atoms with Gasteiger partial charge >= 0.3 is 11.9 Å². The quantitative estimate of drug-likeness (QED) is 0.335. The largest absolute Gasteiger partial charge is 0.478 e. The van der Waals surface area contributed by atoms with Gasteiger partial charge in [-0.2, -0.15) is 0 Å². The van der Waals surface area contributed by atoms with Gasteiger partial charge in [-0.1, -0.05) is 6.07 Å². The number of nitrogens with one attached hydrogen (secondary N) is 2. The molecule has 1 fully saturated rings. The normalized spacial score (nSPS) is 19.8. The third-order valence-electron chi connectivity index (χ3n) is 6.82. The predicted octanol–water partition coefficient (Wildman–Crippen LogP) is 1.77. The highest BCUT2D eigenvalue weighted by Crippen LogP contribution is 2.28. The molecule has 0 bridgehead atoms. The minimum absolute atomic E-state index is 0.0713. The Morgan fingerprint density at radius 2 is 1.50 bits per heavy atom. The van der Waals surface area contributed by atoms with Crippen molar-refractivity contribution in [3.05, 3.63) is 47.0 Å². The molecule has 2 amide bonds. The summed E-state index contributed by atoms with van der Waals surface area (Å²) in [5.41, 5.74) is -0.0352. The molecule has 10 heteroatoms. The van der Waals surface area contributed by atoms with Gasteiger partial charge in [-0.05, 0) is 74.3 Å². The third-order valence-corrected chi connectivity index (χ3v) is 6.82. The molecule has 1 aromatic carbocycles. The van der Waals surface area contributed by atoms with Crippen molar-refractivity contribution in [2.45, 2.75) is 44.9 Å². The first-order chi connectivity index (χ1) is 17.2. The molecule has 1 aromatic rings. The maximum atomic E-state index is 12.4. The van der Waals surface area contributed by atoms with Gasteiger partial charge in [0, 0.05) is 25.4 Å². The first kappa shape index (κ1) is 26.8. The van der Waals surface area contributed by atoms with Crippen LogP contribution in [0.3, 0.4) is 0 Å². The zero-order chi connectivity index (χ0) is 26.2. The minimum atomic E-state index is -1.33. The highest BCUT2D eigenvalue weighted by Gasteiger charge is 2.29. The monoisotopic (exact) mass is 498 g/mol. The number of benzene rings is 1. The van der Waals surface area contributed by atoms with Crippen LogP contribution in [-0.4, -0.2) is 58.6 Å². The molecule has 10 nitrogen and oxygen atoms in total. The van der Waals surface area contributed by atoms with Crippen molar-refractivity contribution in [2.75, 3.05) is 13.1 Å². The number of amides is 2. The second kappa shape index (κ2) is 12.2. The maximum absolute atomic E-state index is 12.4. The van der Waals surface area contributed by atoms with Gasteiger partial charge in [0.15, 0.2) is 11.6 Å². The van der Waals surface area contributed by atoms with Crippen molar-refractivity contribution in [3.63, 3.8) is 0 Å². The van der Waals surface area contributed by atoms with Gasteiger partial charge in [-0.15, -0.1) is 0 Å².